The second kappa shape index (κ2) is 8.11. The Morgan fingerprint density at radius 2 is 1.94 bits per heavy atom. The summed E-state index contributed by atoms with van der Waals surface area (Å²) in [6.45, 7) is 6.85. The molecule has 0 aliphatic heterocycles. The Morgan fingerprint density at radius 1 is 1.28 bits per heavy atom. The molecule has 18 heavy (non-hydrogen) atoms. The second-order valence-corrected chi connectivity index (χ2v) is 4.93. The molecule has 0 radical (unpaired) electrons. The van der Waals surface area contributed by atoms with Crippen molar-refractivity contribution in [3.63, 3.8) is 0 Å². The maximum atomic E-state index is 5.74. The minimum absolute atomic E-state index is 0.309. The maximum absolute atomic E-state index is 5.74. The van der Waals surface area contributed by atoms with Crippen LogP contribution in [0.2, 0.25) is 0 Å². The van der Waals surface area contributed by atoms with Crippen LogP contribution in [0, 0.1) is 0 Å². The lowest BCUT2D eigenvalue weighted by Crippen LogP contribution is -2.22. The topological polar surface area (TPSA) is 38.5 Å². The van der Waals surface area contributed by atoms with Crippen molar-refractivity contribution >= 4 is 0 Å². The molecule has 2 N–H and O–H groups in total. The summed E-state index contributed by atoms with van der Waals surface area (Å²) in [5, 5.41) is 0. The molecular weight excluding hydrogens is 224 g/mol. The Balaban J connectivity index is 2.32. The van der Waals surface area contributed by atoms with Gasteiger partial charge in [0, 0.05) is 12.6 Å². The monoisotopic (exact) mass is 250 g/mol. The third-order valence-corrected chi connectivity index (χ3v) is 2.89. The van der Waals surface area contributed by atoms with Gasteiger partial charge in [-0.3, -0.25) is 0 Å². The first kappa shape index (κ1) is 15.0. The zero-order valence-corrected chi connectivity index (χ0v) is 11.9. The van der Waals surface area contributed by atoms with Crippen molar-refractivity contribution in [1.82, 2.24) is 4.90 Å². The van der Waals surface area contributed by atoms with Crippen molar-refractivity contribution < 1.29 is 4.74 Å². The Hall–Kier alpha value is -1.06. The van der Waals surface area contributed by atoms with Crippen LogP contribution in [0.4, 0.5) is 0 Å². The number of nitrogens with two attached hydrogens (primary N) is 1. The lowest BCUT2D eigenvalue weighted by molar-refractivity contribution is 0.314. The van der Waals surface area contributed by atoms with Crippen LogP contribution in [0.25, 0.3) is 0 Å². The smallest absolute Gasteiger partial charge is 0.119 e. The summed E-state index contributed by atoms with van der Waals surface area (Å²) >= 11 is 0. The van der Waals surface area contributed by atoms with Crippen molar-refractivity contribution in [2.24, 2.45) is 5.73 Å². The first-order chi connectivity index (χ1) is 8.61. The van der Waals surface area contributed by atoms with Gasteiger partial charge in [0.15, 0.2) is 0 Å². The highest BCUT2D eigenvalue weighted by Crippen LogP contribution is 2.13. The predicted octanol–water partition coefficient (Wildman–Crippen LogP) is 2.64. The van der Waals surface area contributed by atoms with Gasteiger partial charge >= 0.3 is 0 Å². The van der Waals surface area contributed by atoms with Crippen LogP contribution >= 0.6 is 0 Å². The molecule has 0 bridgehead atoms. The van der Waals surface area contributed by atoms with Crippen molar-refractivity contribution in [2.75, 3.05) is 20.2 Å². The average molecular weight is 250 g/mol. The molecular formula is C15H26N2O. The molecule has 0 fully saturated rings. The van der Waals surface area contributed by atoms with Crippen molar-refractivity contribution in [3.8, 4) is 5.75 Å². The van der Waals surface area contributed by atoms with Crippen molar-refractivity contribution in [3.05, 3.63) is 29.8 Å². The molecule has 0 saturated heterocycles. The summed E-state index contributed by atoms with van der Waals surface area (Å²) in [7, 11) is 2.15. The van der Waals surface area contributed by atoms with E-state index >= 15 is 0 Å². The van der Waals surface area contributed by atoms with Crippen LogP contribution in [0.1, 0.15) is 32.3 Å². The SMILES string of the molecule is CCOc1ccc(CN(C)CCCC(C)N)cc1. The molecule has 1 aromatic rings. The standard InChI is InChI=1S/C15H26N2O/c1-4-18-15-9-7-14(8-10-15)12-17(3)11-5-6-13(2)16/h7-10,13H,4-6,11-12,16H2,1-3H3. The highest BCUT2D eigenvalue weighted by atomic mass is 16.5. The van der Waals surface area contributed by atoms with Gasteiger partial charge in [-0.25, -0.2) is 0 Å². The van der Waals surface area contributed by atoms with E-state index in [9.17, 15) is 0 Å². The van der Waals surface area contributed by atoms with E-state index in [2.05, 4.69) is 31.0 Å². The van der Waals surface area contributed by atoms with Gasteiger partial charge in [0.2, 0.25) is 0 Å². The van der Waals surface area contributed by atoms with Gasteiger partial charge in [-0.2, -0.15) is 0 Å². The highest BCUT2D eigenvalue weighted by Gasteiger charge is 2.02. The van der Waals surface area contributed by atoms with E-state index in [0.717, 1.165) is 38.3 Å². The number of rotatable bonds is 8. The van der Waals surface area contributed by atoms with E-state index in [1.165, 1.54) is 5.56 Å². The van der Waals surface area contributed by atoms with Gasteiger partial charge in [0.05, 0.1) is 6.61 Å². The van der Waals surface area contributed by atoms with Crippen molar-refractivity contribution in [2.45, 2.75) is 39.3 Å². The zero-order chi connectivity index (χ0) is 13.4. The maximum Gasteiger partial charge on any atom is 0.119 e. The Bertz CT molecular complexity index is 322. The minimum atomic E-state index is 0.309. The molecule has 1 atom stereocenters. The lowest BCUT2D eigenvalue weighted by Gasteiger charge is -2.17. The largest absolute Gasteiger partial charge is 0.494 e. The number of nitrogens with zero attached hydrogens (tertiary/aromatic N) is 1. The van der Waals surface area contributed by atoms with Gasteiger partial charge in [-0.1, -0.05) is 12.1 Å². The molecule has 1 rings (SSSR count). The fourth-order valence-corrected chi connectivity index (χ4v) is 1.93. The Kier molecular flexibility index (Phi) is 6.76. The molecule has 102 valence electrons. The van der Waals surface area contributed by atoms with Gasteiger partial charge in [0.25, 0.3) is 0 Å². The molecule has 0 aliphatic rings. The van der Waals surface area contributed by atoms with Crippen LogP contribution in [0.3, 0.4) is 0 Å². The summed E-state index contributed by atoms with van der Waals surface area (Å²) < 4.78 is 5.43. The van der Waals surface area contributed by atoms with Crippen LogP contribution < -0.4 is 10.5 Å². The van der Waals surface area contributed by atoms with E-state index in [1.54, 1.807) is 0 Å². The van der Waals surface area contributed by atoms with E-state index in [0.29, 0.717) is 6.04 Å². The van der Waals surface area contributed by atoms with Gasteiger partial charge in [0.1, 0.15) is 5.75 Å². The van der Waals surface area contributed by atoms with Crippen LogP contribution in [0.5, 0.6) is 5.75 Å². The van der Waals surface area contributed by atoms with Crippen molar-refractivity contribution in [1.29, 1.82) is 0 Å². The molecule has 3 heteroatoms. The summed E-state index contributed by atoms with van der Waals surface area (Å²) in [6, 6.07) is 8.65. The fourth-order valence-electron chi connectivity index (χ4n) is 1.93. The first-order valence-corrected chi connectivity index (χ1v) is 6.77. The van der Waals surface area contributed by atoms with E-state index in [-0.39, 0.29) is 0 Å². The van der Waals surface area contributed by atoms with E-state index in [4.69, 9.17) is 10.5 Å². The summed E-state index contributed by atoms with van der Waals surface area (Å²) in [5.74, 6) is 0.945. The zero-order valence-electron chi connectivity index (χ0n) is 11.9. The molecule has 1 unspecified atom stereocenters. The quantitative estimate of drug-likeness (QED) is 0.771. The summed E-state index contributed by atoms with van der Waals surface area (Å²) in [4.78, 5) is 2.33. The molecule has 0 amide bonds. The molecule has 0 aliphatic carbocycles. The minimum Gasteiger partial charge on any atom is -0.494 e. The number of hydrogen-bond donors (Lipinski definition) is 1. The summed E-state index contributed by atoms with van der Waals surface area (Å²) in [5.41, 5.74) is 7.06. The molecule has 0 aromatic heterocycles. The molecule has 0 spiro atoms. The van der Waals surface area contributed by atoms with E-state index < -0.39 is 0 Å². The second-order valence-electron chi connectivity index (χ2n) is 4.93. The van der Waals surface area contributed by atoms with E-state index in [1.807, 2.05) is 19.1 Å². The lowest BCUT2D eigenvalue weighted by atomic mass is 10.1. The highest BCUT2D eigenvalue weighted by molar-refractivity contribution is 5.27. The first-order valence-electron chi connectivity index (χ1n) is 6.77. The molecule has 0 saturated carbocycles. The average Bonchev–Trinajstić information content (AvgIpc) is 2.31. The third kappa shape index (κ3) is 6.03. The third-order valence-electron chi connectivity index (χ3n) is 2.89. The van der Waals surface area contributed by atoms with Gasteiger partial charge in [-0.05, 0) is 58.0 Å². The molecule has 0 heterocycles. The number of benzene rings is 1. The summed E-state index contributed by atoms with van der Waals surface area (Å²) in [6.07, 6.45) is 2.25. The van der Waals surface area contributed by atoms with Crippen LogP contribution in [-0.4, -0.2) is 31.1 Å². The van der Waals surface area contributed by atoms with Gasteiger partial charge < -0.3 is 15.4 Å². The van der Waals surface area contributed by atoms with Crippen LogP contribution in [0.15, 0.2) is 24.3 Å². The normalized spacial score (nSPS) is 12.7. The van der Waals surface area contributed by atoms with Crippen LogP contribution in [-0.2, 0) is 6.54 Å². The Morgan fingerprint density at radius 3 is 2.50 bits per heavy atom. The molecule has 1 aromatic carbocycles. The predicted molar refractivity (Wildman–Crippen MR) is 76.8 cm³/mol. The number of ether oxygens (including phenoxy) is 1. The number of hydrogen-bond acceptors (Lipinski definition) is 3. The van der Waals surface area contributed by atoms with Gasteiger partial charge in [-0.15, -0.1) is 0 Å². The Labute approximate surface area is 111 Å². The molecule has 3 nitrogen and oxygen atoms in total. The fraction of sp³-hybridized carbons (Fsp3) is 0.600.